The number of anilines is 1. The molecule has 1 aliphatic heterocycles. The minimum Gasteiger partial charge on any atom is -0.281 e. The largest absolute Gasteiger partial charge is 0.281 e. The Bertz CT molecular complexity index is 313. The van der Waals surface area contributed by atoms with Gasteiger partial charge in [-0.1, -0.05) is 18.2 Å². The highest BCUT2D eigenvalue weighted by molar-refractivity contribution is 7.80. The van der Waals surface area contributed by atoms with Crippen LogP contribution < -0.4 is 16.0 Å². The van der Waals surface area contributed by atoms with Crippen LogP contribution in [0.15, 0.2) is 30.3 Å². The highest BCUT2D eigenvalue weighted by Gasteiger charge is 2.22. The van der Waals surface area contributed by atoms with Crippen LogP contribution in [-0.4, -0.2) is 17.3 Å². The Balaban J connectivity index is 2.30. The molecule has 5 heteroatoms. The highest BCUT2D eigenvalue weighted by Crippen LogP contribution is 2.15. The van der Waals surface area contributed by atoms with E-state index >= 15 is 0 Å². The van der Waals surface area contributed by atoms with E-state index in [1.165, 1.54) is 0 Å². The highest BCUT2D eigenvalue weighted by atomic mass is 32.1. The van der Waals surface area contributed by atoms with Crippen molar-refractivity contribution in [2.24, 2.45) is 0 Å². The zero-order valence-corrected chi connectivity index (χ0v) is 8.01. The number of nitrogens with one attached hydrogen (secondary N) is 2. The van der Waals surface area contributed by atoms with E-state index in [0.29, 0.717) is 5.11 Å². The van der Waals surface area contributed by atoms with Crippen LogP contribution in [0.4, 0.5) is 5.69 Å². The van der Waals surface area contributed by atoms with Crippen molar-refractivity contribution in [3.05, 3.63) is 30.3 Å². The summed E-state index contributed by atoms with van der Waals surface area (Å²) in [5.74, 6) is 0. The third-order valence-electron chi connectivity index (χ3n) is 1.82. The second kappa shape index (κ2) is 3.29. The third-order valence-corrected chi connectivity index (χ3v) is 2.09. The molecule has 2 rings (SSSR count). The number of hydrogen-bond donors (Lipinski definition) is 2. The van der Waals surface area contributed by atoms with Gasteiger partial charge in [-0.05, 0) is 24.4 Å². The molecule has 1 saturated heterocycles. The average molecular weight is 194 g/mol. The maximum absolute atomic E-state index is 5.11. The fraction of sp³-hybridized carbons (Fsp3) is 0.125. The molecular weight excluding hydrogens is 184 g/mol. The van der Waals surface area contributed by atoms with Crippen LogP contribution in [-0.2, 0) is 0 Å². The summed E-state index contributed by atoms with van der Waals surface area (Å²) in [4.78, 5) is 0. The quantitative estimate of drug-likeness (QED) is 0.641. The zero-order chi connectivity index (χ0) is 9.26. The van der Waals surface area contributed by atoms with Crippen molar-refractivity contribution in [2.75, 3.05) is 12.1 Å². The molecule has 1 aliphatic rings. The van der Waals surface area contributed by atoms with E-state index in [9.17, 15) is 0 Å². The van der Waals surface area contributed by atoms with E-state index < -0.39 is 0 Å². The predicted molar refractivity (Wildman–Crippen MR) is 55.6 cm³/mol. The molecular formula is C8H10N4S. The first-order valence-corrected chi connectivity index (χ1v) is 4.34. The number of hydrogen-bond acceptors (Lipinski definition) is 3. The molecule has 0 bridgehead atoms. The molecule has 0 atom stereocenters. The molecule has 0 aliphatic carbocycles. The average Bonchev–Trinajstić information content (AvgIpc) is 2.48. The molecule has 2 N–H and O–H groups in total. The molecule has 0 unspecified atom stereocenters. The Morgan fingerprint density at radius 2 is 1.92 bits per heavy atom. The Labute approximate surface area is 82.0 Å². The van der Waals surface area contributed by atoms with Crippen LogP contribution in [0.2, 0.25) is 0 Å². The molecule has 1 aromatic rings. The summed E-state index contributed by atoms with van der Waals surface area (Å²) in [7, 11) is 1.89. The monoisotopic (exact) mass is 194 g/mol. The first kappa shape index (κ1) is 8.43. The lowest BCUT2D eigenvalue weighted by Gasteiger charge is -2.22. The van der Waals surface area contributed by atoms with Crippen molar-refractivity contribution in [3.8, 4) is 0 Å². The standard InChI is InChI=1S/C8H10N4S/c1-11-10-9-8(13)12(11)7-5-3-2-4-6-7/h2-6,10H,1H3,(H,9,13). The summed E-state index contributed by atoms with van der Waals surface area (Å²) < 4.78 is 0. The molecule has 1 heterocycles. The Hall–Kier alpha value is -1.17. The van der Waals surface area contributed by atoms with Crippen LogP contribution in [0.25, 0.3) is 0 Å². The molecule has 4 nitrogen and oxygen atoms in total. The van der Waals surface area contributed by atoms with Gasteiger partial charge in [-0.3, -0.25) is 5.43 Å². The molecule has 0 saturated carbocycles. The molecule has 68 valence electrons. The first-order valence-electron chi connectivity index (χ1n) is 3.93. The number of benzene rings is 1. The van der Waals surface area contributed by atoms with Gasteiger partial charge in [-0.15, -0.1) is 10.7 Å². The van der Waals surface area contributed by atoms with Crippen LogP contribution in [0.1, 0.15) is 0 Å². The third kappa shape index (κ3) is 1.49. The summed E-state index contributed by atoms with van der Waals surface area (Å²) in [5, 5.41) is 4.31. The lowest BCUT2D eigenvalue weighted by molar-refractivity contribution is 0.268. The van der Waals surface area contributed by atoms with Gasteiger partial charge in [-0.2, -0.15) is 0 Å². The molecule has 0 radical (unpaired) electrons. The lowest BCUT2D eigenvalue weighted by atomic mass is 10.3. The van der Waals surface area contributed by atoms with Gasteiger partial charge in [0, 0.05) is 7.05 Å². The number of para-hydroxylation sites is 1. The maximum Gasteiger partial charge on any atom is 0.205 e. The molecule has 1 fully saturated rings. The Morgan fingerprint density at radius 1 is 1.23 bits per heavy atom. The minimum atomic E-state index is 0.647. The van der Waals surface area contributed by atoms with Gasteiger partial charge >= 0.3 is 0 Å². The summed E-state index contributed by atoms with van der Waals surface area (Å²) in [6, 6.07) is 9.92. The smallest absolute Gasteiger partial charge is 0.205 e. The Morgan fingerprint density at radius 3 is 2.46 bits per heavy atom. The molecule has 0 aromatic heterocycles. The van der Waals surface area contributed by atoms with Crippen molar-refractivity contribution < 1.29 is 0 Å². The van der Waals surface area contributed by atoms with Crippen LogP contribution in [0, 0.1) is 0 Å². The van der Waals surface area contributed by atoms with Crippen LogP contribution in [0.3, 0.4) is 0 Å². The molecule has 13 heavy (non-hydrogen) atoms. The number of thiocarbonyl (C=S) groups is 1. The van der Waals surface area contributed by atoms with E-state index in [0.717, 1.165) is 5.69 Å². The van der Waals surface area contributed by atoms with Crippen molar-refractivity contribution in [2.45, 2.75) is 0 Å². The Kier molecular flexibility index (Phi) is 2.13. The maximum atomic E-state index is 5.11. The summed E-state index contributed by atoms with van der Waals surface area (Å²) in [6.07, 6.45) is 0. The van der Waals surface area contributed by atoms with Crippen molar-refractivity contribution >= 4 is 23.0 Å². The van der Waals surface area contributed by atoms with Crippen molar-refractivity contribution in [3.63, 3.8) is 0 Å². The van der Waals surface area contributed by atoms with Gasteiger partial charge in [0.15, 0.2) is 0 Å². The predicted octanol–water partition coefficient (Wildman–Crippen LogP) is 0.648. The van der Waals surface area contributed by atoms with Crippen molar-refractivity contribution in [1.29, 1.82) is 0 Å². The van der Waals surface area contributed by atoms with Gasteiger partial charge in [-0.25, -0.2) is 5.01 Å². The van der Waals surface area contributed by atoms with Gasteiger partial charge in [0.25, 0.3) is 0 Å². The summed E-state index contributed by atoms with van der Waals surface area (Å²) in [6.45, 7) is 0. The van der Waals surface area contributed by atoms with Gasteiger partial charge in [0.2, 0.25) is 5.11 Å². The number of rotatable bonds is 1. The van der Waals surface area contributed by atoms with E-state index in [1.54, 1.807) is 5.12 Å². The minimum absolute atomic E-state index is 0.647. The summed E-state index contributed by atoms with van der Waals surface area (Å²) in [5.41, 5.74) is 6.77. The second-order valence-electron chi connectivity index (χ2n) is 2.71. The number of hydrazine groups is 3. The zero-order valence-electron chi connectivity index (χ0n) is 7.19. The van der Waals surface area contributed by atoms with E-state index in [2.05, 4.69) is 11.0 Å². The van der Waals surface area contributed by atoms with E-state index in [1.807, 2.05) is 42.4 Å². The second-order valence-corrected chi connectivity index (χ2v) is 3.10. The van der Waals surface area contributed by atoms with E-state index in [-0.39, 0.29) is 0 Å². The molecule has 0 amide bonds. The fourth-order valence-electron chi connectivity index (χ4n) is 1.23. The van der Waals surface area contributed by atoms with E-state index in [4.69, 9.17) is 12.2 Å². The van der Waals surface area contributed by atoms with Gasteiger partial charge < -0.3 is 0 Å². The first-order chi connectivity index (χ1) is 6.29. The van der Waals surface area contributed by atoms with Gasteiger partial charge in [0.05, 0.1) is 5.69 Å². The topological polar surface area (TPSA) is 30.5 Å². The SMILES string of the molecule is CN1NNC(=S)N1c1ccccc1. The molecule has 0 spiro atoms. The summed E-state index contributed by atoms with van der Waals surface area (Å²) >= 11 is 5.11. The normalized spacial score (nSPS) is 17.6. The van der Waals surface area contributed by atoms with Crippen LogP contribution >= 0.6 is 12.2 Å². The van der Waals surface area contributed by atoms with Crippen molar-refractivity contribution in [1.82, 2.24) is 16.1 Å². The lowest BCUT2D eigenvalue weighted by Crippen LogP contribution is -2.39. The number of nitrogens with zero attached hydrogens (tertiary/aromatic N) is 2. The van der Waals surface area contributed by atoms with Gasteiger partial charge in [0.1, 0.15) is 0 Å². The van der Waals surface area contributed by atoms with Crippen LogP contribution in [0.5, 0.6) is 0 Å². The molecule has 1 aromatic carbocycles. The fourth-order valence-corrected chi connectivity index (χ4v) is 1.50.